The molecule has 108 valence electrons. The second kappa shape index (κ2) is 5.70. The number of pyridine rings is 1. The molecule has 0 N–H and O–H groups in total. The highest BCUT2D eigenvalue weighted by atomic mass is 79.9. The number of alkyl halides is 1. The predicted molar refractivity (Wildman–Crippen MR) is 88.8 cm³/mol. The van der Waals surface area contributed by atoms with Crippen molar-refractivity contribution in [3.63, 3.8) is 0 Å². The van der Waals surface area contributed by atoms with Gasteiger partial charge in [0.2, 0.25) is 5.88 Å². The van der Waals surface area contributed by atoms with E-state index in [4.69, 9.17) is 16.3 Å². The molecule has 0 spiro atoms. The number of rotatable bonds is 3. The van der Waals surface area contributed by atoms with Crippen molar-refractivity contribution in [2.75, 3.05) is 0 Å². The standard InChI is InChI=1S/C16H14BrClN2O/c1-10-7-12(8-11(2)15(10)18)21-16-13(9-17)20-6-4-3-5-14(20)19-16/h3-8H,9H2,1-2H3. The van der Waals surface area contributed by atoms with Crippen molar-refractivity contribution in [3.8, 4) is 11.6 Å². The van der Waals surface area contributed by atoms with E-state index < -0.39 is 0 Å². The van der Waals surface area contributed by atoms with Crippen LogP contribution in [0.4, 0.5) is 0 Å². The monoisotopic (exact) mass is 364 g/mol. The van der Waals surface area contributed by atoms with Crippen molar-refractivity contribution in [1.82, 2.24) is 9.38 Å². The summed E-state index contributed by atoms with van der Waals surface area (Å²) in [6.45, 7) is 3.94. The van der Waals surface area contributed by atoms with Gasteiger partial charge in [0.05, 0.1) is 5.69 Å². The topological polar surface area (TPSA) is 26.5 Å². The van der Waals surface area contributed by atoms with Crippen LogP contribution in [0.2, 0.25) is 5.02 Å². The Morgan fingerprint density at radius 3 is 2.62 bits per heavy atom. The summed E-state index contributed by atoms with van der Waals surface area (Å²) in [7, 11) is 0. The molecule has 0 saturated carbocycles. The lowest BCUT2D eigenvalue weighted by Crippen LogP contribution is -1.93. The first-order valence-electron chi connectivity index (χ1n) is 6.56. The van der Waals surface area contributed by atoms with Gasteiger partial charge in [0.1, 0.15) is 11.4 Å². The molecule has 0 saturated heterocycles. The lowest BCUT2D eigenvalue weighted by molar-refractivity contribution is 0.461. The molecule has 0 unspecified atom stereocenters. The molecule has 2 aromatic heterocycles. The van der Waals surface area contributed by atoms with Crippen LogP contribution in [-0.4, -0.2) is 9.38 Å². The smallest absolute Gasteiger partial charge is 0.242 e. The molecule has 0 aliphatic carbocycles. The molecule has 0 atom stereocenters. The Balaban J connectivity index is 2.06. The second-order valence-electron chi connectivity index (χ2n) is 4.90. The fraction of sp³-hybridized carbons (Fsp3) is 0.188. The van der Waals surface area contributed by atoms with Crippen LogP contribution >= 0.6 is 27.5 Å². The van der Waals surface area contributed by atoms with Crippen molar-refractivity contribution < 1.29 is 4.74 Å². The van der Waals surface area contributed by atoms with Gasteiger partial charge in [-0.25, -0.2) is 0 Å². The van der Waals surface area contributed by atoms with Crippen LogP contribution < -0.4 is 4.74 Å². The van der Waals surface area contributed by atoms with Crippen LogP contribution in [0, 0.1) is 13.8 Å². The number of imidazole rings is 1. The van der Waals surface area contributed by atoms with Crippen LogP contribution in [0.3, 0.4) is 0 Å². The van der Waals surface area contributed by atoms with E-state index >= 15 is 0 Å². The molecule has 0 aliphatic rings. The third kappa shape index (κ3) is 2.65. The summed E-state index contributed by atoms with van der Waals surface area (Å²) in [6.07, 6.45) is 1.98. The second-order valence-corrected chi connectivity index (χ2v) is 5.84. The highest BCUT2D eigenvalue weighted by molar-refractivity contribution is 9.08. The Bertz CT molecular complexity index is 790. The summed E-state index contributed by atoms with van der Waals surface area (Å²) >= 11 is 9.69. The fourth-order valence-electron chi connectivity index (χ4n) is 2.31. The number of fused-ring (bicyclic) bond motifs is 1. The van der Waals surface area contributed by atoms with Gasteiger partial charge < -0.3 is 4.74 Å². The minimum atomic E-state index is 0.610. The third-order valence-electron chi connectivity index (χ3n) is 3.34. The van der Waals surface area contributed by atoms with E-state index in [1.165, 1.54) is 0 Å². The SMILES string of the molecule is Cc1cc(Oc2nc3ccccn3c2CBr)cc(C)c1Cl. The molecular weight excluding hydrogens is 352 g/mol. The van der Waals surface area contributed by atoms with Crippen molar-refractivity contribution >= 4 is 33.2 Å². The molecular formula is C16H14BrClN2O. The first kappa shape index (κ1) is 14.4. The third-order valence-corrected chi connectivity index (χ3v) is 4.47. The molecule has 0 fully saturated rings. The quantitative estimate of drug-likeness (QED) is 0.589. The molecule has 2 heterocycles. The minimum Gasteiger partial charge on any atom is -0.437 e. The Morgan fingerprint density at radius 2 is 1.95 bits per heavy atom. The van der Waals surface area contributed by atoms with Crippen LogP contribution in [0.5, 0.6) is 11.6 Å². The van der Waals surface area contributed by atoms with Gasteiger partial charge in [0.15, 0.2) is 0 Å². The van der Waals surface area contributed by atoms with E-state index in [0.717, 1.165) is 33.2 Å². The van der Waals surface area contributed by atoms with E-state index in [2.05, 4.69) is 20.9 Å². The molecule has 0 bridgehead atoms. The maximum atomic E-state index is 6.19. The van der Waals surface area contributed by atoms with Gasteiger partial charge >= 0.3 is 0 Å². The van der Waals surface area contributed by atoms with Crippen molar-refractivity contribution in [3.05, 3.63) is 58.4 Å². The maximum absolute atomic E-state index is 6.19. The molecule has 1 aromatic carbocycles. The summed E-state index contributed by atoms with van der Waals surface area (Å²) in [6, 6.07) is 9.74. The van der Waals surface area contributed by atoms with Gasteiger partial charge in [-0.3, -0.25) is 4.40 Å². The molecule has 3 nitrogen and oxygen atoms in total. The lowest BCUT2D eigenvalue weighted by atomic mass is 10.1. The Morgan fingerprint density at radius 1 is 1.24 bits per heavy atom. The van der Waals surface area contributed by atoms with Gasteiger partial charge in [0.25, 0.3) is 0 Å². The Labute approximate surface area is 136 Å². The Hall–Kier alpha value is -1.52. The highest BCUT2D eigenvalue weighted by Gasteiger charge is 2.14. The fourth-order valence-corrected chi connectivity index (χ4v) is 2.92. The van der Waals surface area contributed by atoms with Gasteiger partial charge in [0, 0.05) is 16.5 Å². The Kier molecular flexibility index (Phi) is 3.91. The average molecular weight is 366 g/mol. The van der Waals surface area contributed by atoms with Crippen molar-refractivity contribution in [2.45, 2.75) is 19.2 Å². The van der Waals surface area contributed by atoms with Crippen LogP contribution in [0.1, 0.15) is 16.8 Å². The molecule has 3 rings (SSSR count). The molecule has 0 amide bonds. The van der Waals surface area contributed by atoms with Crippen LogP contribution in [0.25, 0.3) is 5.65 Å². The molecule has 0 aliphatic heterocycles. The summed E-state index contributed by atoms with van der Waals surface area (Å²) in [5.41, 5.74) is 3.84. The van der Waals surface area contributed by atoms with Gasteiger partial charge in [-0.15, -0.1) is 0 Å². The number of benzene rings is 1. The molecule has 3 aromatic rings. The summed E-state index contributed by atoms with van der Waals surface area (Å²) in [5, 5.41) is 1.44. The zero-order valence-electron chi connectivity index (χ0n) is 11.7. The van der Waals surface area contributed by atoms with E-state index in [1.807, 2.05) is 54.8 Å². The van der Waals surface area contributed by atoms with E-state index in [9.17, 15) is 0 Å². The van der Waals surface area contributed by atoms with E-state index in [-0.39, 0.29) is 0 Å². The number of nitrogens with zero attached hydrogens (tertiary/aromatic N) is 2. The molecule has 21 heavy (non-hydrogen) atoms. The minimum absolute atomic E-state index is 0.610. The average Bonchev–Trinajstić information content (AvgIpc) is 2.81. The molecule has 0 radical (unpaired) electrons. The van der Waals surface area contributed by atoms with E-state index in [0.29, 0.717) is 11.2 Å². The van der Waals surface area contributed by atoms with Crippen molar-refractivity contribution in [2.24, 2.45) is 0 Å². The first-order valence-corrected chi connectivity index (χ1v) is 8.06. The van der Waals surface area contributed by atoms with Gasteiger partial charge in [-0.1, -0.05) is 33.6 Å². The normalized spacial score (nSPS) is 11.0. The zero-order valence-corrected chi connectivity index (χ0v) is 14.1. The lowest BCUT2D eigenvalue weighted by Gasteiger charge is -2.08. The number of aryl methyl sites for hydroxylation is 2. The number of aromatic nitrogens is 2. The van der Waals surface area contributed by atoms with Gasteiger partial charge in [-0.2, -0.15) is 4.98 Å². The highest BCUT2D eigenvalue weighted by Crippen LogP contribution is 2.31. The van der Waals surface area contributed by atoms with Gasteiger partial charge in [-0.05, 0) is 49.2 Å². The molecule has 5 heteroatoms. The number of halogens is 2. The summed E-state index contributed by atoms with van der Waals surface area (Å²) < 4.78 is 8.00. The first-order chi connectivity index (χ1) is 10.1. The zero-order chi connectivity index (χ0) is 15.0. The van der Waals surface area contributed by atoms with Crippen LogP contribution in [-0.2, 0) is 5.33 Å². The number of hydrogen-bond acceptors (Lipinski definition) is 2. The summed E-state index contributed by atoms with van der Waals surface area (Å²) in [5.74, 6) is 1.36. The van der Waals surface area contributed by atoms with Crippen molar-refractivity contribution in [1.29, 1.82) is 0 Å². The number of ether oxygens (including phenoxy) is 1. The van der Waals surface area contributed by atoms with Crippen LogP contribution in [0.15, 0.2) is 36.5 Å². The number of hydrogen-bond donors (Lipinski definition) is 0. The predicted octanol–water partition coefficient (Wildman–Crippen LogP) is 5.29. The van der Waals surface area contributed by atoms with E-state index in [1.54, 1.807) is 0 Å². The maximum Gasteiger partial charge on any atom is 0.242 e. The summed E-state index contributed by atoms with van der Waals surface area (Å²) in [4.78, 5) is 4.54. The largest absolute Gasteiger partial charge is 0.437 e.